The third-order valence-corrected chi connectivity index (χ3v) is 5.85. The SMILES string of the molecule is Cc1c(O)c(O)c(C)c2c1C1c3ccccc3C2c2ccccc21. The zero-order valence-electron chi connectivity index (χ0n) is 13.7. The molecule has 2 N–H and O–H groups in total. The van der Waals surface area contributed by atoms with Gasteiger partial charge < -0.3 is 10.2 Å². The van der Waals surface area contributed by atoms with Gasteiger partial charge in [0.15, 0.2) is 11.5 Å². The van der Waals surface area contributed by atoms with Crippen LogP contribution in [0.25, 0.3) is 0 Å². The first kappa shape index (κ1) is 13.7. The summed E-state index contributed by atoms with van der Waals surface area (Å²) in [6, 6.07) is 17.1. The molecule has 118 valence electrons. The molecule has 24 heavy (non-hydrogen) atoms. The van der Waals surface area contributed by atoms with Gasteiger partial charge in [-0.15, -0.1) is 0 Å². The lowest BCUT2D eigenvalue weighted by Gasteiger charge is -2.44. The molecule has 2 bridgehead atoms. The quantitative estimate of drug-likeness (QED) is 0.407. The molecule has 2 heteroatoms. The van der Waals surface area contributed by atoms with Crippen LogP contribution in [-0.2, 0) is 0 Å². The number of benzene rings is 3. The summed E-state index contributed by atoms with van der Waals surface area (Å²) >= 11 is 0. The van der Waals surface area contributed by atoms with Crippen molar-refractivity contribution in [2.75, 3.05) is 0 Å². The molecule has 0 saturated heterocycles. The molecule has 0 amide bonds. The van der Waals surface area contributed by atoms with Gasteiger partial charge in [0.25, 0.3) is 0 Å². The van der Waals surface area contributed by atoms with Gasteiger partial charge in [-0.2, -0.15) is 0 Å². The minimum atomic E-state index is 0.0220. The lowest BCUT2D eigenvalue weighted by molar-refractivity contribution is 0.396. The second kappa shape index (κ2) is 4.41. The maximum Gasteiger partial charge on any atom is 0.161 e. The summed E-state index contributed by atoms with van der Waals surface area (Å²) in [5.74, 6) is 0.299. The Bertz CT molecular complexity index is 888. The van der Waals surface area contributed by atoms with Crippen molar-refractivity contribution in [3.05, 3.63) is 93.0 Å². The number of hydrogen-bond acceptors (Lipinski definition) is 2. The lowest BCUT2D eigenvalue weighted by atomic mass is 9.59. The van der Waals surface area contributed by atoms with Crippen LogP contribution in [0.4, 0.5) is 0 Å². The highest BCUT2D eigenvalue weighted by atomic mass is 16.3. The minimum absolute atomic E-state index is 0.0220. The molecule has 3 aliphatic rings. The minimum Gasteiger partial charge on any atom is -0.504 e. The van der Waals surface area contributed by atoms with Crippen LogP contribution in [0.15, 0.2) is 48.5 Å². The van der Waals surface area contributed by atoms with Gasteiger partial charge >= 0.3 is 0 Å². The summed E-state index contributed by atoms with van der Waals surface area (Å²) in [6.07, 6.45) is 0. The molecule has 3 aliphatic carbocycles. The Balaban J connectivity index is 1.98. The van der Waals surface area contributed by atoms with Crippen molar-refractivity contribution in [3.8, 4) is 11.5 Å². The van der Waals surface area contributed by atoms with Crippen LogP contribution in [0, 0.1) is 13.8 Å². The Labute approximate surface area is 141 Å². The van der Waals surface area contributed by atoms with Gasteiger partial charge in [0.1, 0.15) is 0 Å². The van der Waals surface area contributed by atoms with Crippen LogP contribution < -0.4 is 0 Å². The van der Waals surface area contributed by atoms with E-state index in [9.17, 15) is 10.2 Å². The lowest BCUT2D eigenvalue weighted by Crippen LogP contribution is -2.29. The molecular weight excluding hydrogens is 296 g/mol. The molecule has 6 rings (SSSR count). The zero-order chi connectivity index (χ0) is 16.6. The monoisotopic (exact) mass is 314 g/mol. The van der Waals surface area contributed by atoms with Crippen LogP contribution in [0.3, 0.4) is 0 Å². The number of hydrogen-bond donors (Lipinski definition) is 2. The summed E-state index contributed by atoms with van der Waals surface area (Å²) in [5, 5.41) is 20.8. The average Bonchev–Trinajstić information content (AvgIpc) is 2.64. The fourth-order valence-corrected chi connectivity index (χ4v) is 4.79. The largest absolute Gasteiger partial charge is 0.504 e. The standard InChI is InChI=1S/C22H18O2/c1-11-17-18(12(2)22(24)21(11)23)20-15-9-5-3-7-13(15)19(17)14-8-4-6-10-16(14)20/h3-10,19-20,23-24H,1-2H3. The summed E-state index contributed by atoms with van der Waals surface area (Å²) in [7, 11) is 0. The third-order valence-electron chi connectivity index (χ3n) is 5.85. The predicted octanol–water partition coefficient (Wildman–Crippen LogP) is 4.70. The van der Waals surface area contributed by atoms with Crippen molar-refractivity contribution in [2.45, 2.75) is 25.7 Å². The van der Waals surface area contributed by atoms with E-state index in [1.54, 1.807) is 0 Å². The van der Waals surface area contributed by atoms with E-state index in [0.717, 1.165) is 11.1 Å². The molecule has 0 radical (unpaired) electrons. The van der Waals surface area contributed by atoms with Gasteiger partial charge in [-0.1, -0.05) is 48.5 Å². The number of aromatic hydroxyl groups is 2. The van der Waals surface area contributed by atoms with Crippen molar-refractivity contribution in [3.63, 3.8) is 0 Å². The van der Waals surface area contributed by atoms with E-state index in [2.05, 4.69) is 48.5 Å². The maximum atomic E-state index is 10.4. The molecule has 0 aliphatic heterocycles. The second-order valence-corrected chi connectivity index (χ2v) is 6.90. The fourth-order valence-electron chi connectivity index (χ4n) is 4.79. The average molecular weight is 314 g/mol. The predicted molar refractivity (Wildman–Crippen MR) is 94.0 cm³/mol. The summed E-state index contributed by atoms with van der Waals surface area (Å²) in [5.41, 5.74) is 9.22. The molecule has 0 saturated carbocycles. The van der Waals surface area contributed by atoms with Crippen molar-refractivity contribution in [1.29, 1.82) is 0 Å². The molecule has 3 aromatic rings. The molecule has 0 heterocycles. The molecule has 2 nitrogen and oxygen atoms in total. The number of phenolic OH excluding ortho intramolecular Hbond substituents is 2. The van der Waals surface area contributed by atoms with E-state index in [0.29, 0.717) is 0 Å². The topological polar surface area (TPSA) is 40.5 Å². The van der Waals surface area contributed by atoms with Gasteiger partial charge in [-0.3, -0.25) is 0 Å². The van der Waals surface area contributed by atoms with E-state index in [-0.39, 0.29) is 23.3 Å². The van der Waals surface area contributed by atoms with E-state index >= 15 is 0 Å². The van der Waals surface area contributed by atoms with E-state index in [1.165, 1.54) is 33.4 Å². The molecule has 0 aromatic heterocycles. The Morgan fingerprint density at radius 2 is 0.875 bits per heavy atom. The summed E-state index contributed by atoms with van der Waals surface area (Å²) in [6.45, 7) is 3.83. The van der Waals surface area contributed by atoms with E-state index in [4.69, 9.17) is 0 Å². The number of rotatable bonds is 0. The Hall–Kier alpha value is -2.74. The molecule has 0 atom stereocenters. The first-order chi connectivity index (χ1) is 11.6. The maximum absolute atomic E-state index is 10.4. The van der Waals surface area contributed by atoms with Crippen LogP contribution in [0.5, 0.6) is 11.5 Å². The molecular formula is C22H18O2. The Morgan fingerprint density at radius 1 is 0.583 bits per heavy atom. The highest BCUT2D eigenvalue weighted by Crippen LogP contribution is 2.59. The summed E-state index contributed by atoms with van der Waals surface area (Å²) < 4.78 is 0. The molecule has 3 aromatic carbocycles. The van der Waals surface area contributed by atoms with Crippen LogP contribution >= 0.6 is 0 Å². The van der Waals surface area contributed by atoms with Gasteiger partial charge in [-0.05, 0) is 58.4 Å². The first-order valence-electron chi connectivity index (χ1n) is 8.33. The zero-order valence-corrected chi connectivity index (χ0v) is 13.7. The second-order valence-electron chi connectivity index (χ2n) is 6.90. The summed E-state index contributed by atoms with van der Waals surface area (Å²) in [4.78, 5) is 0. The van der Waals surface area contributed by atoms with Gasteiger partial charge in [0.05, 0.1) is 0 Å². The number of phenols is 2. The Kier molecular flexibility index (Phi) is 2.52. The highest BCUT2D eigenvalue weighted by Gasteiger charge is 2.43. The van der Waals surface area contributed by atoms with E-state index in [1.807, 2.05) is 13.8 Å². The molecule has 0 unspecified atom stereocenters. The fraction of sp³-hybridized carbons (Fsp3) is 0.182. The third kappa shape index (κ3) is 1.42. The van der Waals surface area contributed by atoms with Crippen molar-refractivity contribution >= 4 is 0 Å². The van der Waals surface area contributed by atoms with Crippen molar-refractivity contribution in [1.82, 2.24) is 0 Å². The smallest absolute Gasteiger partial charge is 0.161 e. The van der Waals surface area contributed by atoms with Crippen LogP contribution in [0.2, 0.25) is 0 Å². The van der Waals surface area contributed by atoms with Crippen molar-refractivity contribution in [2.24, 2.45) is 0 Å². The van der Waals surface area contributed by atoms with Gasteiger partial charge in [-0.25, -0.2) is 0 Å². The normalized spacial score (nSPS) is 19.6. The van der Waals surface area contributed by atoms with Crippen LogP contribution in [0.1, 0.15) is 56.3 Å². The van der Waals surface area contributed by atoms with Crippen molar-refractivity contribution < 1.29 is 10.2 Å². The van der Waals surface area contributed by atoms with E-state index < -0.39 is 0 Å². The molecule has 0 fully saturated rings. The van der Waals surface area contributed by atoms with Gasteiger partial charge in [0.2, 0.25) is 0 Å². The Morgan fingerprint density at radius 3 is 1.17 bits per heavy atom. The first-order valence-corrected chi connectivity index (χ1v) is 8.33. The van der Waals surface area contributed by atoms with Gasteiger partial charge in [0, 0.05) is 11.8 Å². The highest BCUT2D eigenvalue weighted by molar-refractivity contribution is 5.74. The molecule has 0 spiro atoms. The van der Waals surface area contributed by atoms with Crippen LogP contribution in [-0.4, -0.2) is 10.2 Å².